The zero-order chi connectivity index (χ0) is 29.7. The molecule has 0 saturated carbocycles. The first-order chi connectivity index (χ1) is 19.7. The summed E-state index contributed by atoms with van der Waals surface area (Å²) < 4.78 is 32.7. The van der Waals surface area contributed by atoms with Crippen LogP contribution in [0.1, 0.15) is 55.4 Å². The van der Waals surface area contributed by atoms with E-state index in [4.69, 9.17) is 18.6 Å². The second kappa shape index (κ2) is 9.88. The van der Waals surface area contributed by atoms with Crippen LogP contribution in [0, 0.1) is 0 Å². The van der Waals surface area contributed by atoms with Gasteiger partial charge in [-0.2, -0.15) is 0 Å². The van der Waals surface area contributed by atoms with E-state index >= 15 is 0 Å². The number of benzene rings is 2. The zero-order valence-electron chi connectivity index (χ0n) is 25.2. The van der Waals surface area contributed by atoms with E-state index in [1.165, 1.54) is 40.3 Å². The number of rotatable bonds is 2. The summed E-state index contributed by atoms with van der Waals surface area (Å²) >= 11 is 7.18. The highest BCUT2D eigenvalue weighted by molar-refractivity contribution is 7.35. The second-order valence-corrected chi connectivity index (χ2v) is 17.1. The molecule has 0 unspecified atom stereocenters. The van der Waals surface area contributed by atoms with Gasteiger partial charge in [-0.3, -0.25) is 0 Å². The Labute approximate surface area is 263 Å². The van der Waals surface area contributed by atoms with E-state index in [-0.39, 0.29) is 36.6 Å². The predicted molar refractivity (Wildman–Crippen MR) is 186 cm³/mol. The quantitative estimate of drug-likeness (QED) is 0.179. The number of hydrogen-bond donors (Lipinski definition) is 0. The van der Waals surface area contributed by atoms with Crippen LogP contribution in [0.5, 0.6) is 0 Å². The lowest BCUT2D eigenvalue weighted by atomic mass is 9.87. The van der Waals surface area contributed by atoms with Gasteiger partial charge in [0.15, 0.2) is 0 Å². The van der Waals surface area contributed by atoms with Gasteiger partial charge in [-0.05, 0) is 112 Å². The Balaban J connectivity index is 0.000000198. The molecule has 0 N–H and O–H groups in total. The van der Waals surface area contributed by atoms with Gasteiger partial charge < -0.3 is 18.6 Å². The minimum Gasteiger partial charge on any atom is -0.399 e. The molecule has 0 bridgehead atoms. The lowest BCUT2D eigenvalue weighted by Crippen LogP contribution is -2.41. The SMILES string of the molecule is CC1(C)OB(c2cc3ccc4cc(B5OC(C)(C)C(C)(C)O5)sc4c3s2)OC1(C)C.c1cc2ccc3ccsc3c2s1. The molecular weight excluding hydrogens is 598 g/mol. The zero-order valence-corrected chi connectivity index (χ0v) is 28.5. The van der Waals surface area contributed by atoms with Gasteiger partial charge in [-0.15, -0.1) is 45.3 Å². The summed E-state index contributed by atoms with van der Waals surface area (Å²) in [5.74, 6) is 0. The summed E-state index contributed by atoms with van der Waals surface area (Å²) in [6.07, 6.45) is 0. The van der Waals surface area contributed by atoms with Crippen LogP contribution < -0.4 is 9.55 Å². The third-order valence-corrected chi connectivity index (χ3v) is 13.8. The molecule has 2 aliphatic heterocycles. The molecule has 2 fully saturated rings. The van der Waals surface area contributed by atoms with Crippen LogP contribution in [0.4, 0.5) is 0 Å². The number of fused-ring (bicyclic) bond motifs is 6. The first-order valence-corrected chi connectivity index (χ1v) is 17.6. The van der Waals surface area contributed by atoms with Crippen molar-refractivity contribution in [1.82, 2.24) is 0 Å². The molecule has 42 heavy (non-hydrogen) atoms. The second-order valence-electron chi connectivity index (χ2n) is 13.1. The normalized spacial score (nSPS) is 20.7. The van der Waals surface area contributed by atoms with Gasteiger partial charge in [0.05, 0.1) is 41.2 Å². The largest absolute Gasteiger partial charge is 0.505 e. The molecule has 2 aliphatic rings. The minimum absolute atomic E-state index is 0.329. The van der Waals surface area contributed by atoms with Gasteiger partial charge >= 0.3 is 14.2 Å². The van der Waals surface area contributed by atoms with Gasteiger partial charge in [0.1, 0.15) is 0 Å². The summed E-state index contributed by atoms with van der Waals surface area (Å²) in [4.78, 5) is 0. The van der Waals surface area contributed by atoms with Gasteiger partial charge in [-0.1, -0.05) is 24.3 Å². The van der Waals surface area contributed by atoms with E-state index in [9.17, 15) is 0 Å². The topological polar surface area (TPSA) is 36.9 Å². The van der Waals surface area contributed by atoms with Crippen molar-refractivity contribution in [2.75, 3.05) is 0 Å². The highest BCUT2D eigenvalue weighted by Gasteiger charge is 2.53. The maximum Gasteiger partial charge on any atom is 0.505 e. The maximum absolute atomic E-state index is 6.28. The Morgan fingerprint density at radius 1 is 0.452 bits per heavy atom. The van der Waals surface area contributed by atoms with Crippen molar-refractivity contribution in [1.29, 1.82) is 0 Å². The first kappa shape index (κ1) is 29.0. The molecule has 2 saturated heterocycles. The average Bonchev–Trinajstić information content (AvgIpc) is 3.72. The Kier molecular flexibility index (Phi) is 6.82. The summed E-state index contributed by atoms with van der Waals surface area (Å²) in [5.41, 5.74) is -1.35. The third-order valence-electron chi connectivity index (χ3n) is 9.22. The standard InChI is InChI=1S/C22H28B2O4S2.C10H6S2/c1-19(2)20(3,4)26-23(25-19)15-11-13-9-10-14-12-16(30-18(14)17(13)29-15)24-27-21(5,6)22(7,8)28-24;1-2-8-4-6-12-10(8)9-7(1)3-5-11-9/h9-12H,1-8H3;1-6H. The molecule has 8 rings (SSSR count). The Bertz CT molecular complexity index is 1770. The smallest absolute Gasteiger partial charge is 0.399 e. The van der Waals surface area contributed by atoms with Gasteiger partial charge in [-0.25, -0.2) is 0 Å². The van der Waals surface area contributed by atoms with E-state index in [1.807, 2.05) is 22.7 Å². The van der Waals surface area contributed by atoms with Crippen LogP contribution in [-0.2, 0) is 18.6 Å². The van der Waals surface area contributed by atoms with Gasteiger partial charge in [0, 0.05) is 9.55 Å². The molecular formula is C32H34B2O4S4. The molecule has 2 aromatic carbocycles. The van der Waals surface area contributed by atoms with Crippen LogP contribution in [0.2, 0.25) is 0 Å². The van der Waals surface area contributed by atoms with Crippen LogP contribution in [0.15, 0.2) is 59.3 Å². The van der Waals surface area contributed by atoms with E-state index in [0.717, 1.165) is 9.55 Å². The van der Waals surface area contributed by atoms with Gasteiger partial charge in [0.25, 0.3) is 0 Å². The molecule has 0 amide bonds. The summed E-state index contributed by atoms with van der Waals surface area (Å²) in [6, 6.07) is 17.5. The molecule has 4 nitrogen and oxygen atoms in total. The first-order valence-electron chi connectivity index (χ1n) is 14.3. The summed E-state index contributed by atoms with van der Waals surface area (Å²) in [7, 11) is -0.657. The molecule has 10 heteroatoms. The van der Waals surface area contributed by atoms with Crippen LogP contribution >= 0.6 is 45.3 Å². The van der Waals surface area contributed by atoms with Crippen molar-refractivity contribution in [3.63, 3.8) is 0 Å². The molecule has 0 spiro atoms. The van der Waals surface area contributed by atoms with Crippen molar-refractivity contribution in [3.8, 4) is 0 Å². The van der Waals surface area contributed by atoms with E-state index in [0.29, 0.717) is 0 Å². The summed E-state index contributed by atoms with van der Waals surface area (Å²) in [6.45, 7) is 16.7. The molecule has 4 aromatic heterocycles. The van der Waals surface area contributed by atoms with E-state index < -0.39 is 0 Å². The molecule has 216 valence electrons. The van der Waals surface area contributed by atoms with Crippen molar-refractivity contribution in [3.05, 3.63) is 59.3 Å². The van der Waals surface area contributed by atoms with Crippen molar-refractivity contribution in [2.24, 2.45) is 0 Å². The van der Waals surface area contributed by atoms with E-state index in [2.05, 4.69) is 115 Å². The van der Waals surface area contributed by atoms with E-state index in [1.54, 1.807) is 22.7 Å². The number of hydrogen-bond acceptors (Lipinski definition) is 8. The molecule has 6 aromatic rings. The lowest BCUT2D eigenvalue weighted by molar-refractivity contribution is 0.00578. The monoisotopic (exact) mass is 632 g/mol. The molecule has 0 aliphatic carbocycles. The fourth-order valence-electron chi connectivity index (χ4n) is 5.23. The minimum atomic E-state index is -0.337. The highest BCUT2D eigenvalue weighted by atomic mass is 32.1. The van der Waals surface area contributed by atoms with Crippen LogP contribution in [-0.4, -0.2) is 36.6 Å². The molecule has 0 radical (unpaired) electrons. The highest BCUT2D eigenvalue weighted by Crippen LogP contribution is 2.41. The van der Waals surface area contributed by atoms with Crippen LogP contribution in [0.3, 0.4) is 0 Å². The lowest BCUT2D eigenvalue weighted by Gasteiger charge is -2.32. The van der Waals surface area contributed by atoms with Crippen molar-refractivity contribution in [2.45, 2.75) is 77.8 Å². The predicted octanol–water partition coefficient (Wildman–Crippen LogP) is 8.83. The Hall–Kier alpha value is -1.75. The number of thiophene rings is 4. The third kappa shape index (κ3) is 4.70. The Morgan fingerprint density at radius 3 is 1.14 bits per heavy atom. The average molecular weight is 633 g/mol. The van der Waals surface area contributed by atoms with Crippen LogP contribution in [0.25, 0.3) is 40.3 Å². The van der Waals surface area contributed by atoms with Crippen molar-refractivity contribution >= 4 is 109 Å². The fraction of sp³-hybridized carbons (Fsp3) is 0.375. The fourth-order valence-corrected chi connectivity index (χ4v) is 9.61. The Morgan fingerprint density at radius 2 is 0.786 bits per heavy atom. The maximum atomic E-state index is 6.28. The van der Waals surface area contributed by atoms with Crippen molar-refractivity contribution < 1.29 is 18.6 Å². The molecule has 6 heterocycles. The van der Waals surface area contributed by atoms with Gasteiger partial charge in [0.2, 0.25) is 0 Å². The molecule has 0 atom stereocenters. The summed E-state index contributed by atoms with van der Waals surface area (Å²) in [5, 5.41) is 9.50.